The van der Waals surface area contributed by atoms with Crippen LogP contribution in [0.5, 0.6) is 11.5 Å². The standard InChI is InChI=1S/C24H24N2O6S/c1-15-14-33-22-20(25-19(27)13-32-18-6-4-3-5-7-18)21(28)26(22)24(15,23(29)30)12-16-8-10-17(31-2)11-9-16/h3-11,20,22H,1,12-14H2,2H3,(H,25,27)(H,29,30). The molecule has 2 aromatic rings. The average Bonchev–Trinajstić information content (AvgIpc) is 2.83. The third kappa shape index (κ3) is 4.16. The predicted molar refractivity (Wildman–Crippen MR) is 123 cm³/mol. The number of thioether (sulfide) groups is 1. The van der Waals surface area contributed by atoms with E-state index in [1.165, 1.54) is 16.7 Å². The Morgan fingerprint density at radius 3 is 2.52 bits per heavy atom. The molecule has 3 atom stereocenters. The fourth-order valence-corrected chi connectivity index (χ4v) is 5.53. The molecule has 2 aromatic carbocycles. The molecule has 3 unspecified atom stereocenters. The lowest BCUT2D eigenvalue weighted by Gasteiger charge is -2.58. The molecular formula is C24H24N2O6S. The van der Waals surface area contributed by atoms with E-state index in [2.05, 4.69) is 11.9 Å². The maximum Gasteiger partial charge on any atom is 0.334 e. The number of carboxylic acid groups (broad SMARTS) is 1. The van der Waals surface area contributed by atoms with Crippen LogP contribution in [0.25, 0.3) is 0 Å². The zero-order valence-corrected chi connectivity index (χ0v) is 18.8. The zero-order valence-electron chi connectivity index (χ0n) is 18.0. The van der Waals surface area contributed by atoms with Gasteiger partial charge < -0.3 is 24.8 Å². The summed E-state index contributed by atoms with van der Waals surface area (Å²) in [7, 11) is 1.55. The van der Waals surface area contributed by atoms with Crippen molar-refractivity contribution in [3.63, 3.8) is 0 Å². The van der Waals surface area contributed by atoms with Crippen LogP contribution in [0.2, 0.25) is 0 Å². The number of rotatable bonds is 8. The van der Waals surface area contributed by atoms with Gasteiger partial charge in [0.05, 0.1) is 7.11 Å². The van der Waals surface area contributed by atoms with Crippen LogP contribution in [0, 0.1) is 0 Å². The fraction of sp³-hybridized carbons (Fsp3) is 0.292. The quantitative estimate of drug-likeness (QED) is 0.452. The number of β-lactam (4-membered cyclic amide) rings is 1. The summed E-state index contributed by atoms with van der Waals surface area (Å²) in [5, 5.41) is 12.4. The number of hydrogen-bond donors (Lipinski definition) is 2. The van der Waals surface area contributed by atoms with Crippen molar-refractivity contribution in [1.29, 1.82) is 0 Å². The lowest BCUT2D eigenvalue weighted by molar-refractivity contribution is -0.169. The molecule has 2 aliphatic heterocycles. The minimum absolute atomic E-state index is 0.0751. The van der Waals surface area contributed by atoms with Crippen molar-refractivity contribution >= 4 is 29.5 Å². The second-order valence-electron chi connectivity index (χ2n) is 7.85. The number of nitrogens with one attached hydrogen (secondary N) is 1. The van der Waals surface area contributed by atoms with Gasteiger partial charge in [-0.25, -0.2) is 4.79 Å². The van der Waals surface area contributed by atoms with E-state index in [1.54, 1.807) is 55.6 Å². The van der Waals surface area contributed by atoms with Crippen molar-refractivity contribution in [2.75, 3.05) is 19.5 Å². The largest absolute Gasteiger partial charge is 0.497 e. The van der Waals surface area contributed by atoms with Gasteiger partial charge >= 0.3 is 5.97 Å². The summed E-state index contributed by atoms with van der Waals surface area (Å²) in [6.45, 7) is 3.75. The molecular weight excluding hydrogens is 444 g/mol. The molecule has 4 rings (SSSR count). The molecule has 2 saturated heterocycles. The number of benzene rings is 2. The van der Waals surface area contributed by atoms with Crippen LogP contribution in [0.15, 0.2) is 66.7 Å². The number of aliphatic carboxylic acids is 1. The van der Waals surface area contributed by atoms with Crippen molar-refractivity contribution in [3.8, 4) is 11.5 Å². The highest BCUT2D eigenvalue weighted by atomic mass is 32.2. The van der Waals surface area contributed by atoms with E-state index < -0.39 is 34.7 Å². The van der Waals surface area contributed by atoms with E-state index in [0.717, 1.165) is 5.56 Å². The van der Waals surface area contributed by atoms with Crippen molar-refractivity contribution < 1.29 is 29.0 Å². The van der Waals surface area contributed by atoms with Gasteiger partial charge in [-0.3, -0.25) is 9.59 Å². The highest BCUT2D eigenvalue weighted by Crippen LogP contribution is 2.47. The van der Waals surface area contributed by atoms with E-state index in [9.17, 15) is 19.5 Å². The van der Waals surface area contributed by atoms with Crippen LogP contribution >= 0.6 is 11.8 Å². The molecule has 0 spiro atoms. The maximum atomic E-state index is 13.1. The summed E-state index contributed by atoms with van der Waals surface area (Å²) in [4.78, 5) is 39.4. The maximum absolute atomic E-state index is 13.1. The highest BCUT2D eigenvalue weighted by Gasteiger charge is 2.64. The van der Waals surface area contributed by atoms with Crippen LogP contribution in [0.4, 0.5) is 0 Å². The Bertz CT molecular complexity index is 1070. The molecule has 8 nitrogen and oxygen atoms in total. The van der Waals surface area contributed by atoms with Crippen LogP contribution in [0.3, 0.4) is 0 Å². The molecule has 2 amide bonds. The molecule has 2 heterocycles. The smallest absolute Gasteiger partial charge is 0.334 e. The summed E-state index contributed by atoms with van der Waals surface area (Å²) >= 11 is 1.39. The Hall–Kier alpha value is -3.46. The van der Waals surface area contributed by atoms with Crippen molar-refractivity contribution in [3.05, 3.63) is 72.3 Å². The number of carboxylic acids is 1. The molecule has 0 radical (unpaired) electrons. The first-order valence-corrected chi connectivity index (χ1v) is 11.4. The molecule has 0 aliphatic carbocycles. The SMILES string of the molecule is C=C1CSC2C(NC(=O)COc3ccccc3)C(=O)N2C1(Cc1ccc(OC)cc1)C(=O)O. The van der Waals surface area contributed by atoms with Gasteiger partial charge in [-0.15, -0.1) is 11.8 Å². The van der Waals surface area contributed by atoms with Crippen molar-refractivity contribution in [2.45, 2.75) is 23.4 Å². The molecule has 2 fully saturated rings. The third-order valence-electron chi connectivity index (χ3n) is 5.87. The Morgan fingerprint density at radius 1 is 1.18 bits per heavy atom. The van der Waals surface area contributed by atoms with Gasteiger partial charge in [-0.1, -0.05) is 36.9 Å². The summed E-state index contributed by atoms with van der Waals surface area (Å²) in [6, 6.07) is 15.1. The molecule has 0 bridgehead atoms. The van der Waals surface area contributed by atoms with Gasteiger partial charge in [-0.2, -0.15) is 0 Å². The normalized spacial score (nSPS) is 23.8. The van der Waals surface area contributed by atoms with Gasteiger partial charge in [0.2, 0.25) is 5.91 Å². The van der Waals surface area contributed by atoms with E-state index >= 15 is 0 Å². The number of methoxy groups -OCH3 is 1. The highest BCUT2D eigenvalue weighted by molar-refractivity contribution is 8.00. The number of amides is 2. The first kappa shape index (κ1) is 22.7. The van der Waals surface area contributed by atoms with Crippen molar-refractivity contribution in [1.82, 2.24) is 10.2 Å². The number of nitrogens with zero attached hydrogens (tertiary/aromatic N) is 1. The summed E-state index contributed by atoms with van der Waals surface area (Å²) in [5.41, 5.74) is -0.400. The number of hydrogen-bond acceptors (Lipinski definition) is 6. The van der Waals surface area contributed by atoms with Crippen molar-refractivity contribution in [2.24, 2.45) is 0 Å². The molecule has 0 saturated carbocycles. The first-order chi connectivity index (χ1) is 15.9. The third-order valence-corrected chi connectivity index (χ3v) is 7.21. The fourth-order valence-electron chi connectivity index (χ4n) is 4.11. The average molecular weight is 469 g/mol. The summed E-state index contributed by atoms with van der Waals surface area (Å²) in [6.07, 6.45) is 0.0751. The lowest BCUT2D eigenvalue weighted by atomic mass is 9.79. The van der Waals surface area contributed by atoms with Gasteiger partial charge in [0.1, 0.15) is 22.9 Å². The van der Waals surface area contributed by atoms with E-state index in [4.69, 9.17) is 9.47 Å². The molecule has 33 heavy (non-hydrogen) atoms. The van der Waals surface area contributed by atoms with Crippen LogP contribution in [-0.4, -0.2) is 64.2 Å². The summed E-state index contributed by atoms with van der Waals surface area (Å²) < 4.78 is 10.6. The minimum Gasteiger partial charge on any atom is -0.497 e. The van der Waals surface area contributed by atoms with E-state index in [0.29, 0.717) is 22.8 Å². The molecule has 2 N–H and O–H groups in total. The molecule has 9 heteroatoms. The van der Waals surface area contributed by atoms with E-state index in [-0.39, 0.29) is 13.0 Å². The number of para-hydroxylation sites is 1. The second-order valence-corrected chi connectivity index (χ2v) is 8.96. The topological polar surface area (TPSA) is 105 Å². The number of ether oxygens (including phenoxy) is 2. The van der Waals surface area contributed by atoms with Gasteiger partial charge in [-0.05, 0) is 35.4 Å². The second kappa shape index (κ2) is 9.19. The Labute approximate surface area is 195 Å². The summed E-state index contributed by atoms with van der Waals surface area (Å²) in [5.74, 6) is -0.472. The lowest BCUT2D eigenvalue weighted by Crippen LogP contribution is -2.79. The first-order valence-electron chi connectivity index (χ1n) is 10.3. The molecule has 172 valence electrons. The predicted octanol–water partition coefficient (Wildman–Crippen LogP) is 2.10. The Kier molecular flexibility index (Phi) is 6.33. The molecule has 0 aromatic heterocycles. The number of fused-ring (bicyclic) bond motifs is 1. The van der Waals surface area contributed by atoms with Gasteiger partial charge in [0, 0.05) is 12.2 Å². The van der Waals surface area contributed by atoms with E-state index in [1.807, 2.05) is 6.07 Å². The Morgan fingerprint density at radius 2 is 1.88 bits per heavy atom. The van der Waals surface area contributed by atoms with Crippen LogP contribution < -0.4 is 14.8 Å². The number of carbonyl (C=O) groups is 3. The minimum atomic E-state index is -1.58. The Balaban J connectivity index is 1.49. The molecule has 2 aliphatic rings. The van der Waals surface area contributed by atoms with Gasteiger partial charge in [0.15, 0.2) is 12.1 Å². The number of carbonyl (C=O) groups excluding carboxylic acids is 2. The zero-order chi connectivity index (χ0) is 23.6. The van der Waals surface area contributed by atoms with Crippen LogP contribution in [-0.2, 0) is 20.8 Å². The monoisotopic (exact) mass is 468 g/mol. The van der Waals surface area contributed by atoms with Crippen LogP contribution in [0.1, 0.15) is 5.56 Å². The van der Waals surface area contributed by atoms with Gasteiger partial charge in [0.25, 0.3) is 5.91 Å².